The van der Waals surface area contributed by atoms with Gasteiger partial charge in [0.25, 0.3) is 5.91 Å². The molecular weight excluding hydrogens is 482 g/mol. The Hall–Kier alpha value is -2.07. The highest BCUT2D eigenvalue weighted by Gasteiger charge is 2.45. The van der Waals surface area contributed by atoms with Crippen LogP contribution < -0.4 is 0 Å². The SMILES string of the molecule is Cc1nc(C)c(C(=O)C2=C(O)C(=O)N(CCN3CCOCC3)C2c2ccccc2Br)s1. The Labute approximate surface area is 193 Å². The quantitative estimate of drug-likeness (QED) is 0.605. The molecule has 0 aliphatic carbocycles. The number of amides is 1. The van der Waals surface area contributed by atoms with Crippen molar-refractivity contribution in [1.29, 1.82) is 0 Å². The van der Waals surface area contributed by atoms with Crippen LogP contribution in [-0.4, -0.2) is 71.0 Å². The molecule has 0 spiro atoms. The lowest BCUT2D eigenvalue weighted by Gasteiger charge is -2.32. The van der Waals surface area contributed by atoms with Gasteiger partial charge in [0.1, 0.15) is 0 Å². The van der Waals surface area contributed by atoms with E-state index >= 15 is 0 Å². The van der Waals surface area contributed by atoms with Crippen LogP contribution in [0.15, 0.2) is 40.1 Å². The zero-order chi connectivity index (χ0) is 22.1. The van der Waals surface area contributed by atoms with E-state index in [9.17, 15) is 14.7 Å². The van der Waals surface area contributed by atoms with Crippen molar-refractivity contribution in [3.63, 3.8) is 0 Å². The summed E-state index contributed by atoms with van der Waals surface area (Å²) in [6, 6.07) is 6.83. The molecule has 2 aliphatic rings. The van der Waals surface area contributed by atoms with Gasteiger partial charge in [-0.2, -0.15) is 0 Å². The maximum atomic E-state index is 13.5. The number of aryl methyl sites for hydroxylation is 2. The molecule has 31 heavy (non-hydrogen) atoms. The third-order valence-corrected chi connectivity index (χ3v) is 7.41. The number of rotatable bonds is 6. The first-order chi connectivity index (χ1) is 14.9. The summed E-state index contributed by atoms with van der Waals surface area (Å²) in [5, 5.41) is 11.6. The van der Waals surface area contributed by atoms with E-state index in [1.165, 1.54) is 11.3 Å². The smallest absolute Gasteiger partial charge is 0.290 e. The Kier molecular flexibility index (Phi) is 6.57. The number of ether oxygens (including phenoxy) is 1. The summed E-state index contributed by atoms with van der Waals surface area (Å²) in [5.74, 6) is -1.34. The molecule has 0 radical (unpaired) electrons. The molecule has 1 saturated heterocycles. The number of thiazole rings is 1. The van der Waals surface area contributed by atoms with Gasteiger partial charge < -0.3 is 14.7 Å². The summed E-state index contributed by atoms with van der Waals surface area (Å²) < 4.78 is 6.18. The molecular formula is C22H24BrN3O4S. The fourth-order valence-corrected chi connectivity index (χ4v) is 5.45. The largest absolute Gasteiger partial charge is 0.503 e. The second kappa shape index (κ2) is 9.20. The molecule has 1 atom stereocenters. The lowest BCUT2D eigenvalue weighted by Crippen LogP contribution is -2.43. The second-order valence-electron chi connectivity index (χ2n) is 7.62. The van der Waals surface area contributed by atoms with Crippen LogP contribution in [0.5, 0.6) is 0 Å². The number of aromatic nitrogens is 1. The molecule has 9 heteroatoms. The average molecular weight is 506 g/mol. The lowest BCUT2D eigenvalue weighted by molar-refractivity contribution is -0.129. The molecule has 2 aromatic rings. The van der Waals surface area contributed by atoms with Crippen LogP contribution >= 0.6 is 27.3 Å². The van der Waals surface area contributed by atoms with E-state index < -0.39 is 17.7 Å². The van der Waals surface area contributed by atoms with Gasteiger partial charge in [-0.1, -0.05) is 34.1 Å². The topological polar surface area (TPSA) is 83.0 Å². The highest BCUT2D eigenvalue weighted by atomic mass is 79.9. The number of Topliss-reactive ketones (excluding diaryl/α,β-unsaturated/α-hetero) is 1. The fourth-order valence-electron chi connectivity index (χ4n) is 4.07. The van der Waals surface area contributed by atoms with Crippen LogP contribution in [0.1, 0.15) is 32.0 Å². The van der Waals surface area contributed by atoms with E-state index in [-0.39, 0.29) is 11.4 Å². The minimum atomic E-state index is -0.668. The summed E-state index contributed by atoms with van der Waals surface area (Å²) in [5.41, 5.74) is 1.49. The molecule has 2 aliphatic heterocycles. The van der Waals surface area contributed by atoms with E-state index in [0.29, 0.717) is 36.9 Å². The molecule has 1 N–H and O–H groups in total. The van der Waals surface area contributed by atoms with Gasteiger partial charge >= 0.3 is 0 Å². The van der Waals surface area contributed by atoms with Crippen LogP contribution in [0.4, 0.5) is 0 Å². The minimum Gasteiger partial charge on any atom is -0.503 e. The predicted molar refractivity (Wildman–Crippen MR) is 121 cm³/mol. The number of aliphatic hydroxyl groups is 1. The third kappa shape index (κ3) is 4.32. The number of morpholine rings is 1. The molecule has 164 valence electrons. The molecule has 1 fully saturated rings. The number of carbonyl (C=O) groups excluding carboxylic acids is 2. The average Bonchev–Trinajstić information content (AvgIpc) is 3.23. The van der Waals surface area contributed by atoms with Crippen molar-refractivity contribution in [3.05, 3.63) is 61.2 Å². The summed E-state index contributed by atoms with van der Waals surface area (Å²) in [6.45, 7) is 7.57. The van der Waals surface area contributed by atoms with Gasteiger partial charge in [0.15, 0.2) is 5.76 Å². The van der Waals surface area contributed by atoms with Gasteiger partial charge in [0.05, 0.1) is 40.4 Å². The highest BCUT2D eigenvalue weighted by molar-refractivity contribution is 9.10. The number of carbonyl (C=O) groups is 2. The minimum absolute atomic E-state index is 0.116. The first-order valence-electron chi connectivity index (χ1n) is 10.2. The molecule has 1 amide bonds. The molecule has 1 unspecified atom stereocenters. The number of hydrogen-bond acceptors (Lipinski definition) is 7. The molecule has 0 bridgehead atoms. The van der Waals surface area contributed by atoms with Crippen molar-refractivity contribution >= 4 is 39.0 Å². The molecule has 7 nitrogen and oxygen atoms in total. The first-order valence-corrected chi connectivity index (χ1v) is 11.8. The van der Waals surface area contributed by atoms with Crippen molar-refractivity contribution < 1.29 is 19.4 Å². The van der Waals surface area contributed by atoms with Crippen molar-refractivity contribution in [2.24, 2.45) is 0 Å². The number of aliphatic hydroxyl groups excluding tert-OH is 1. The Morgan fingerprint density at radius 3 is 2.61 bits per heavy atom. The molecule has 1 aromatic heterocycles. The van der Waals surface area contributed by atoms with Crippen molar-refractivity contribution in [3.8, 4) is 0 Å². The van der Waals surface area contributed by atoms with Gasteiger partial charge in [0, 0.05) is 30.7 Å². The highest BCUT2D eigenvalue weighted by Crippen LogP contribution is 2.42. The third-order valence-electron chi connectivity index (χ3n) is 5.62. The van der Waals surface area contributed by atoms with Gasteiger partial charge in [-0.05, 0) is 25.5 Å². The number of halogens is 1. The van der Waals surface area contributed by atoms with Crippen molar-refractivity contribution in [2.45, 2.75) is 19.9 Å². The number of benzene rings is 1. The normalized spacial score (nSPS) is 20.0. The van der Waals surface area contributed by atoms with Crippen LogP contribution in [-0.2, 0) is 9.53 Å². The van der Waals surface area contributed by atoms with E-state index in [2.05, 4.69) is 25.8 Å². The van der Waals surface area contributed by atoms with Crippen LogP contribution in [0.2, 0.25) is 0 Å². The van der Waals surface area contributed by atoms with E-state index in [4.69, 9.17) is 4.74 Å². The number of hydrogen-bond donors (Lipinski definition) is 1. The van der Waals surface area contributed by atoms with E-state index in [1.54, 1.807) is 11.8 Å². The zero-order valence-corrected chi connectivity index (χ0v) is 19.8. The summed E-state index contributed by atoms with van der Waals surface area (Å²) >= 11 is 4.84. The maximum absolute atomic E-state index is 13.5. The molecule has 3 heterocycles. The maximum Gasteiger partial charge on any atom is 0.290 e. The second-order valence-corrected chi connectivity index (χ2v) is 9.67. The fraction of sp³-hybridized carbons (Fsp3) is 0.409. The Morgan fingerprint density at radius 2 is 1.97 bits per heavy atom. The zero-order valence-electron chi connectivity index (χ0n) is 17.4. The van der Waals surface area contributed by atoms with Crippen LogP contribution in [0.3, 0.4) is 0 Å². The lowest BCUT2D eigenvalue weighted by atomic mass is 9.95. The molecule has 4 rings (SSSR count). The van der Waals surface area contributed by atoms with Gasteiger partial charge in [-0.15, -0.1) is 11.3 Å². The first kappa shape index (κ1) is 22.1. The standard InChI is InChI=1S/C22H24BrN3O4S/c1-13-21(31-14(2)24-13)19(27)17-18(15-5-3-4-6-16(15)23)26(22(29)20(17)28)8-7-25-9-11-30-12-10-25/h3-6,18,28H,7-12H2,1-2H3. The van der Waals surface area contributed by atoms with Crippen LogP contribution in [0, 0.1) is 13.8 Å². The molecule has 1 aromatic carbocycles. The van der Waals surface area contributed by atoms with Crippen molar-refractivity contribution in [2.75, 3.05) is 39.4 Å². The van der Waals surface area contributed by atoms with Gasteiger partial charge in [-0.25, -0.2) is 4.98 Å². The summed E-state index contributed by atoms with van der Waals surface area (Å²) in [7, 11) is 0. The monoisotopic (exact) mass is 505 g/mol. The van der Waals surface area contributed by atoms with Gasteiger partial charge in [-0.3, -0.25) is 14.5 Å². The van der Waals surface area contributed by atoms with E-state index in [0.717, 1.165) is 28.1 Å². The van der Waals surface area contributed by atoms with E-state index in [1.807, 2.05) is 31.2 Å². The summed E-state index contributed by atoms with van der Waals surface area (Å²) in [6.07, 6.45) is 0. The Morgan fingerprint density at radius 1 is 1.26 bits per heavy atom. The summed E-state index contributed by atoms with van der Waals surface area (Å²) in [4.78, 5) is 35.2. The molecule has 0 saturated carbocycles. The Bertz CT molecular complexity index is 1050. The van der Waals surface area contributed by atoms with Crippen LogP contribution in [0.25, 0.3) is 0 Å². The number of nitrogens with zero attached hydrogens (tertiary/aromatic N) is 3. The Balaban J connectivity index is 1.71. The number of ketones is 1. The predicted octanol–water partition coefficient (Wildman–Crippen LogP) is 3.43. The van der Waals surface area contributed by atoms with Crippen molar-refractivity contribution in [1.82, 2.24) is 14.8 Å². The van der Waals surface area contributed by atoms with Gasteiger partial charge in [0.2, 0.25) is 5.78 Å².